The van der Waals surface area contributed by atoms with Gasteiger partial charge in [0.2, 0.25) is 0 Å². The lowest BCUT2D eigenvalue weighted by Crippen LogP contribution is -2.16. The van der Waals surface area contributed by atoms with Crippen molar-refractivity contribution in [1.29, 1.82) is 0 Å². The van der Waals surface area contributed by atoms with Crippen LogP contribution in [-0.4, -0.2) is 37.2 Å². The first-order valence-electron chi connectivity index (χ1n) is 6.83. The second kappa shape index (κ2) is 8.57. The van der Waals surface area contributed by atoms with Crippen molar-refractivity contribution in [2.45, 2.75) is 19.8 Å². The molecule has 1 rings (SSSR count). The van der Waals surface area contributed by atoms with Gasteiger partial charge in [-0.3, -0.25) is 4.79 Å². The maximum absolute atomic E-state index is 11.7. The normalized spacial score (nSPS) is 10.8. The molecule has 0 aromatic heterocycles. The zero-order valence-corrected chi connectivity index (χ0v) is 13.2. The van der Waals surface area contributed by atoms with E-state index in [1.807, 2.05) is 13.0 Å². The number of carbonyl (C=O) groups is 3. The maximum atomic E-state index is 11.7. The van der Waals surface area contributed by atoms with E-state index < -0.39 is 17.9 Å². The lowest BCUT2D eigenvalue weighted by atomic mass is 10.1. The molecule has 0 radical (unpaired) electrons. The Kier molecular flexibility index (Phi) is 6.79. The lowest BCUT2D eigenvalue weighted by Gasteiger charge is -2.13. The van der Waals surface area contributed by atoms with Crippen LogP contribution in [0.4, 0.5) is 5.69 Å². The van der Waals surface area contributed by atoms with Crippen LogP contribution in [0.1, 0.15) is 17.5 Å². The molecule has 7 nitrogen and oxygen atoms in total. The van der Waals surface area contributed by atoms with Crippen LogP contribution in [0.2, 0.25) is 0 Å². The van der Waals surface area contributed by atoms with Crippen LogP contribution in [0.3, 0.4) is 0 Å². The number of hydrogen-bond acceptors (Lipinski definition) is 6. The maximum Gasteiger partial charge on any atom is 0.354 e. The molecule has 0 heterocycles. The number of ether oxygens (including phenoxy) is 2. The number of hydrogen-bond donors (Lipinski definition) is 2. The molecule has 0 amide bonds. The zero-order chi connectivity index (χ0) is 17.4. The van der Waals surface area contributed by atoms with Gasteiger partial charge in [0.25, 0.3) is 0 Å². The van der Waals surface area contributed by atoms with E-state index in [0.29, 0.717) is 12.1 Å². The highest BCUT2D eigenvalue weighted by molar-refractivity contribution is 5.98. The molecule has 0 aliphatic rings. The predicted molar refractivity (Wildman–Crippen MR) is 82.9 cm³/mol. The van der Waals surface area contributed by atoms with Gasteiger partial charge in [-0.25, -0.2) is 9.59 Å². The molecule has 0 atom stereocenters. The van der Waals surface area contributed by atoms with E-state index in [1.165, 1.54) is 14.2 Å². The van der Waals surface area contributed by atoms with E-state index in [9.17, 15) is 14.4 Å². The van der Waals surface area contributed by atoms with E-state index in [4.69, 9.17) is 5.11 Å². The van der Waals surface area contributed by atoms with Gasteiger partial charge in [-0.2, -0.15) is 0 Å². The number of rotatable bonds is 7. The van der Waals surface area contributed by atoms with Crippen LogP contribution >= 0.6 is 0 Å². The molecule has 23 heavy (non-hydrogen) atoms. The molecule has 0 saturated carbocycles. The van der Waals surface area contributed by atoms with Crippen LogP contribution in [0, 0.1) is 6.92 Å². The van der Waals surface area contributed by atoms with Crippen LogP contribution in [0.15, 0.2) is 30.0 Å². The molecule has 0 unspecified atom stereocenters. The fraction of sp³-hybridized carbons (Fsp3) is 0.312. The van der Waals surface area contributed by atoms with Crippen molar-refractivity contribution in [3.63, 3.8) is 0 Å². The number of esters is 2. The third-order valence-corrected chi connectivity index (χ3v) is 3.07. The smallest absolute Gasteiger partial charge is 0.354 e. The van der Waals surface area contributed by atoms with Crippen molar-refractivity contribution in [3.8, 4) is 0 Å². The molecule has 0 aliphatic carbocycles. The van der Waals surface area contributed by atoms with Crippen LogP contribution in [0.25, 0.3) is 0 Å². The van der Waals surface area contributed by atoms with Crippen LogP contribution < -0.4 is 5.32 Å². The SMILES string of the molecule is COC(=O)/C=C(/Nc1cc(CCC(=O)O)ccc1C)C(=O)OC. The highest BCUT2D eigenvalue weighted by Crippen LogP contribution is 2.20. The third kappa shape index (κ3) is 5.82. The van der Waals surface area contributed by atoms with Crippen molar-refractivity contribution in [3.05, 3.63) is 41.1 Å². The summed E-state index contributed by atoms with van der Waals surface area (Å²) in [4.78, 5) is 33.7. The molecule has 2 N–H and O–H groups in total. The van der Waals surface area contributed by atoms with Gasteiger partial charge in [-0.15, -0.1) is 0 Å². The topological polar surface area (TPSA) is 102 Å². The summed E-state index contributed by atoms with van der Waals surface area (Å²) in [5.41, 5.74) is 2.12. The zero-order valence-electron chi connectivity index (χ0n) is 13.2. The Morgan fingerprint density at radius 3 is 2.48 bits per heavy atom. The summed E-state index contributed by atoms with van der Waals surface area (Å²) in [6.07, 6.45) is 1.36. The lowest BCUT2D eigenvalue weighted by molar-refractivity contribution is -0.138. The van der Waals surface area contributed by atoms with E-state index >= 15 is 0 Å². The summed E-state index contributed by atoms with van der Waals surface area (Å²) in [6.45, 7) is 1.82. The number of aryl methyl sites for hydroxylation is 2. The Morgan fingerprint density at radius 1 is 1.22 bits per heavy atom. The molecule has 1 aromatic carbocycles. The van der Waals surface area contributed by atoms with Gasteiger partial charge in [0.05, 0.1) is 20.3 Å². The molecule has 0 saturated heterocycles. The van der Waals surface area contributed by atoms with E-state index in [2.05, 4.69) is 14.8 Å². The number of carboxylic acids is 1. The van der Waals surface area contributed by atoms with Gasteiger partial charge >= 0.3 is 17.9 Å². The van der Waals surface area contributed by atoms with Gasteiger partial charge in [-0.05, 0) is 30.5 Å². The molecule has 1 aromatic rings. The minimum Gasteiger partial charge on any atom is -0.481 e. The third-order valence-electron chi connectivity index (χ3n) is 3.07. The second-order valence-corrected chi connectivity index (χ2v) is 4.74. The van der Waals surface area contributed by atoms with E-state index in [1.54, 1.807) is 12.1 Å². The van der Waals surface area contributed by atoms with Gasteiger partial charge in [0, 0.05) is 12.1 Å². The van der Waals surface area contributed by atoms with E-state index in [-0.39, 0.29) is 12.1 Å². The van der Waals surface area contributed by atoms with Crippen molar-refractivity contribution >= 4 is 23.6 Å². The van der Waals surface area contributed by atoms with Crippen molar-refractivity contribution in [1.82, 2.24) is 0 Å². The first-order valence-corrected chi connectivity index (χ1v) is 6.83. The molecule has 0 aliphatic heterocycles. The van der Waals surface area contributed by atoms with Crippen molar-refractivity contribution in [2.75, 3.05) is 19.5 Å². The summed E-state index contributed by atoms with van der Waals surface area (Å²) in [5.74, 6) is -2.30. The number of carbonyl (C=O) groups excluding carboxylic acids is 2. The Bertz CT molecular complexity index is 635. The fourth-order valence-corrected chi connectivity index (χ4v) is 1.79. The van der Waals surface area contributed by atoms with Crippen molar-refractivity contribution in [2.24, 2.45) is 0 Å². The summed E-state index contributed by atoms with van der Waals surface area (Å²) in [7, 11) is 2.40. The summed E-state index contributed by atoms with van der Waals surface area (Å²) >= 11 is 0. The number of nitrogens with one attached hydrogen (secondary N) is 1. The predicted octanol–water partition coefficient (Wildman–Crippen LogP) is 1.65. The molecule has 124 valence electrons. The average molecular weight is 321 g/mol. The number of carboxylic acid groups (broad SMARTS) is 1. The first kappa shape index (κ1) is 18.2. The molecule has 7 heteroatoms. The summed E-state index contributed by atoms with van der Waals surface area (Å²) in [5, 5.41) is 11.6. The number of benzene rings is 1. The first-order chi connectivity index (χ1) is 10.9. The highest BCUT2D eigenvalue weighted by atomic mass is 16.5. The molecular weight excluding hydrogens is 302 g/mol. The Hall–Kier alpha value is -2.83. The Morgan fingerprint density at radius 2 is 1.91 bits per heavy atom. The van der Waals surface area contributed by atoms with Crippen molar-refractivity contribution < 1.29 is 29.0 Å². The minimum absolute atomic E-state index is 0.00433. The van der Waals surface area contributed by atoms with Gasteiger partial charge < -0.3 is 19.9 Å². The second-order valence-electron chi connectivity index (χ2n) is 4.74. The quantitative estimate of drug-likeness (QED) is 0.581. The van der Waals surface area contributed by atoms with Gasteiger partial charge in [0.1, 0.15) is 5.70 Å². The minimum atomic E-state index is -0.888. The Balaban J connectivity index is 3.05. The number of anilines is 1. The fourth-order valence-electron chi connectivity index (χ4n) is 1.79. The van der Waals surface area contributed by atoms with E-state index in [0.717, 1.165) is 17.2 Å². The molecule has 0 spiro atoms. The monoisotopic (exact) mass is 321 g/mol. The van der Waals surface area contributed by atoms with Crippen LogP contribution in [-0.2, 0) is 30.3 Å². The molecular formula is C16H19NO6. The van der Waals surface area contributed by atoms with Crippen LogP contribution in [0.5, 0.6) is 0 Å². The highest BCUT2D eigenvalue weighted by Gasteiger charge is 2.14. The Labute approximate surface area is 133 Å². The average Bonchev–Trinajstić information content (AvgIpc) is 2.53. The van der Waals surface area contributed by atoms with Gasteiger partial charge in [0.15, 0.2) is 0 Å². The van der Waals surface area contributed by atoms with Gasteiger partial charge in [-0.1, -0.05) is 12.1 Å². The largest absolute Gasteiger partial charge is 0.481 e. The summed E-state index contributed by atoms with van der Waals surface area (Å²) in [6, 6.07) is 5.34. The summed E-state index contributed by atoms with van der Waals surface area (Å²) < 4.78 is 9.13. The number of methoxy groups -OCH3 is 2. The number of aliphatic carboxylic acids is 1. The standard InChI is InChI=1S/C16H19NO6/c1-10-4-5-11(6-7-14(18)19)8-12(10)17-13(16(21)23-3)9-15(20)22-2/h4-5,8-9,17H,6-7H2,1-3H3,(H,18,19)/b13-9+. The molecule has 0 bridgehead atoms. The molecule has 0 fully saturated rings.